The fourth-order valence-electron chi connectivity index (χ4n) is 6.01. The maximum Gasteiger partial charge on any atom is 0.332 e. The third-order valence-electron chi connectivity index (χ3n) is 8.58. The molecule has 1 saturated heterocycles. The highest BCUT2D eigenvalue weighted by molar-refractivity contribution is 7.22. The predicted octanol–water partition coefficient (Wildman–Crippen LogP) is 4.34. The van der Waals surface area contributed by atoms with Gasteiger partial charge in [-0.1, -0.05) is 18.2 Å². The number of benzene rings is 1. The molecule has 222 valence electrons. The first-order chi connectivity index (χ1) is 20.3. The number of hydrogen-bond donors (Lipinski definition) is 1. The van der Waals surface area contributed by atoms with Gasteiger partial charge in [0.25, 0.3) is 5.56 Å². The number of aliphatic carboxylic acids is 1. The van der Waals surface area contributed by atoms with E-state index >= 15 is 0 Å². The number of carbonyl (C=O) groups is 1. The van der Waals surface area contributed by atoms with Crippen LogP contribution in [0.5, 0.6) is 5.75 Å². The maximum atomic E-state index is 14.4. The molecule has 0 bridgehead atoms. The highest BCUT2D eigenvalue weighted by atomic mass is 32.1. The number of thiophene rings is 1. The average molecular weight is 596 g/mol. The minimum Gasteiger partial charge on any atom is -0.496 e. The zero-order chi connectivity index (χ0) is 29.6. The Morgan fingerprint density at radius 2 is 1.98 bits per heavy atom. The first-order valence-corrected chi connectivity index (χ1v) is 14.9. The molecule has 42 heavy (non-hydrogen) atoms. The Morgan fingerprint density at radius 1 is 1.24 bits per heavy atom. The Bertz CT molecular complexity index is 1730. The summed E-state index contributed by atoms with van der Waals surface area (Å²) in [5.41, 5.74) is -0.764. The van der Waals surface area contributed by atoms with Gasteiger partial charge in [-0.05, 0) is 51.2 Å². The number of rotatable bonds is 10. The van der Waals surface area contributed by atoms with Crippen LogP contribution in [0, 0.1) is 12.8 Å². The van der Waals surface area contributed by atoms with Gasteiger partial charge in [-0.25, -0.2) is 9.78 Å². The van der Waals surface area contributed by atoms with Crippen molar-refractivity contribution in [2.75, 3.05) is 20.3 Å². The third-order valence-corrected chi connectivity index (χ3v) is 9.89. The van der Waals surface area contributed by atoms with Crippen molar-refractivity contribution in [2.24, 2.45) is 5.92 Å². The molecule has 1 saturated carbocycles. The average Bonchev–Trinajstić information content (AvgIpc) is 3.43. The van der Waals surface area contributed by atoms with Crippen molar-refractivity contribution in [1.29, 1.82) is 0 Å². The van der Waals surface area contributed by atoms with E-state index in [2.05, 4.69) is 4.98 Å². The van der Waals surface area contributed by atoms with Gasteiger partial charge >= 0.3 is 11.7 Å². The number of carboxylic acid groups (broad SMARTS) is 1. The Labute approximate surface area is 245 Å². The molecule has 2 atom stereocenters. The molecule has 12 heteroatoms. The number of ether oxygens (including phenoxy) is 3. The molecule has 2 aliphatic rings. The summed E-state index contributed by atoms with van der Waals surface area (Å²) in [6.45, 7) is 4.60. The summed E-state index contributed by atoms with van der Waals surface area (Å²) >= 11 is 1.25. The fourth-order valence-corrected chi connectivity index (χ4v) is 7.25. The molecule has 0 spiro atoms. The van der Waals surface area contributed by atoms with Crippen LogP contribution in [0.4, 0.5) is 0 Å². The van der Waals surface area contributed by atoms with Gasteiger partial charge in [0.05, 0.1) is 47.7 Å². The molecule has 0 amide bonds. The molecule has 4 heterocycles. The third kappa shape index (κ3) is 4.77. The Kier molecular flexibility index (Phi) is 7.54. The van der Waals surface area contributed by atoms with Crippen molar-refractivity contribution in [2.45, 2.75) is 63.8 Å². The highest BCUT2D eigenvalue weighted by Crippen LogP contribution is 2.49. The van der Waals surface area contributed by atoms with Gasteiger partial charge in [-0.15, -0.1) is 11.3 Å². The van der Waals surface area contributed by atoms with Crippen molar-refractivity contribution in [1.82, 2.24) is 14.1 Å². The second kappa shape index (κ2) is 11.2. The summed E-state index contributed by atoms with van der Waals surface area (Å²) in [6, 6.07) is 7.52. The van der Waals surface area contributed by atoms with Gasteiger partial charge < -0.3 is 23.7 Å². The van der Waals surface area contributed by atoms with E-state index in [-0.39, 0.29) is 12.6 Å². The minimum atomic E-state index is -1.10. The van der Waals surface area contributed by atoms with Crippen LogP contribution in [0.1, 0.15) is 49.8 Å². The van der Waals surface area contributed by atoms with Gasteiger partial charge in [0.2, 0.25) is 5.89 Å². The zero-order valence-electron chi connectivity index (χ0n) is 23.7. The van der Waals surface area contributed by atoms with E-state index in [0.717, 1.165) is 5.56 Å². The number of hydrogen-bond acceptors (Lipinski definition) is 9. The summed E-state index contributed by atoms with van der Waals surface area (Å²) in [5.74, 6) is -1.02. The van der Waals surface area contributed by atoms with Crippen molar-refractivity contribution >= 4 is 27.5 Å². The van der Waals surface area contributed by atoms with Crippen LogP contribution >= 0.6 is 11.3 Å². The van der Waals surface area contributed by atoms with Crippen LogP contribution < -0.4 is 16.0 Å². The number of oxazole rings is 1. The topological polar surface area (TPSA) is 135 Å². The lowest BCUT2D eigenvalue weighted by Gasteiger charge is -2.30. The molecule has 2 unspecified atom stereocenters. The van der Waals surface area contributed by atoms with E-state index in [1.54, 1.807) is 25.5 Å². The molecule has 2 fully saturated rings. The van der Waals surface area contributed by atoms with Crippen molar-refractivity contribution in [3.63, 3.8) is 0 Å². The molecule has 1 aliphatic carbocycles. The van der Waals surface area contributed by atoms with Gasteiger partial charge in [-0.2, -0.15) is 0 Å². The Balaban J connectivity index is 1.58. The van der Waals surface area contributed by atoms with Crippen molar-refractivity contribution in [3.8, 4) is 16.5 Å². The fraction of sp³-hybridized carbons (Fsp3) is 0.467. The highest BCUT2D eigenvalue weighted by Gasteiger charge is 2.54. The summed E-state index contributed by atoms with van der Waals surface area (Å²) in [7, 11) is 1.59. The number of aromatic nitrogens is 3. The van der Waals surface area contributed by atoms with Gasteiger partial charge in [0, 0.05) is 18.8 Å². The predicted molar refractivity (Wildman–Crippen MR) is 155 cm³/mol. The number of aryl methyl sites for hydroxylation is 1. The molecular weight excluding hydrogens is 562 g/mol. The number of methoxy groups -OCH3 is 1. The number of fused-ring (bicyclic) bond motifs is 1. The van der Waals surface area contributed by atoms with E-state index in [4.69, 9.17) is 18.6 Å². The van der Waals surface area contributed by atoms with Gasteiger partial charge in [0.1, 0.15) is 22.9 Å². The molecule has 3 aromatic heterocycles. The summed E-state index contributed by atoms with van der Waals surface area (Å²) in [6.07, 6.45) is 4.55. The van der Waals surface area contributed by atoms with Crippen molar-refractivity contribution in [3.05, 3.63) is 68.7 Å². The first kappa shape index (κ1) is 28.4. The molecule has 4 aromatic rings. The number of carboxylic acids is 1. The molecule has 1 aliphatic heterocycles. The van der Waals surface area contributed by atoms with Crippen LogP contribution in [-0.4, -0.2) is 51.6 Å². The minimum absolute atomic E-state index is 0.0792. The molecule has 1 N–H and O–H groups in total. The van der Waals surface area contributed by atoms with E-state index in [1.165, 1.54) is 28.4 Å². The summed E-state index contributed by atoms with van der Waals surface area (Å²) < 4.78 is 26.2. The zero-order valence-corrected chi connectivity index (χ0v) is 24.5. The van der Waals surface area contributed by atoms with E-state index in [9.17, 15) is 19.5 Å². The second-order valence-electron chi connectivity index (χ2n) is 10.9. The smallest absolute Gasteiger partial charge is 0.332 e. The molecule has 11 nitrogen and oxygen atoms in total. The lowest BCUT2D eigenvalue weighted by atomic mass is 9.99. The lowest BCUT2D eigenvalue weighted by Crippen LogP contribution is -2.49. The summed E-state index contributed by atoms with van der Waals surface area (Å²) in [4.78, 5) is 46.1. The van der Waals surface area contributed by atoms with Crippen LogP contribution in [-0.2, 0) is 26.4 Å². The molecule has 0 radical (unpaired) electrons. The Hall–Kier alpha value is -3.74. The van der Waals surface area contributed by atoms with Gasteiger partial charge in [-0.3, -0.25) is 18.7 Å². The van der Waals surface area contributed by atoms with Crippen LogP contribution in [0.2, 0.25) is 0 Å². The number of para-hydroxylation sites is 1. The van der Waals surface area contributed by atoms with Crippen LogP contribution in [0.3, 0.4) is 0 Å². The molecular formula is C30H33N3O8S. The van der Waals surface area contributed by atoms with E-state index in [1.807, 2.05) is 24.3 Å². The van der Waals surface area contributed by atoms with E-state index < -0.39 is 34.8 Å². The first-order valence-electron chi connectivity index (χ1n) is 14.0. The van der Waals surface area contributed by atoms with Crippen LogP contribution in [0.25, 0.3) is 21.0 Å². The van der Waals surface area contributed by atoms with Gasteiger partial charge in [0.15, 0.2) is 0 Å². The largest absolute Gasteiger partial charge is 0.496 e. The lowest BCUT2D eigenvalue weighted by molar-refractivity contribution is -0.143. The normalized spacial score (nSPS) is 18.2. The molecule has 6 rings (SSSR count). The maximum absolute atomic E-state index is 14.4. The standard InChI is InChI=1S/C30H33N3O8S/c1-17-23-26(34)33(30(10-11-30)18(2)28(35)36)29(37)32(27(23)42-24(17)25-31-12-15-40-25)16-22(41-19-8-13-39-14-9-19)20-6-4-5-7-21(20)38-3/h4-7,12,15,18-19,22H,8-11,13-14,16H2,1-3H3,(H,35,36). The quantitative estimate of drug-likeness (QED) is 0.284. The summed E-state index contributed by atoms with van der Waals surface area (Å²) in [5, 5.41) is 10.3. The molecule has 1 aromatic carbocycles. The number of nitrogens with zero attached hydrogens (tertiary/aromatic N) is 3. The second-order valence-corrected chi connectivity index (χ2v) is 11.9. The SMILES string of the molecule is COc1ccccc1C(Cn1c(=O)n(C2(C(C)C(=O)O)CC2)c(=O)c2c(C)c(-c3ncco3)sc21)OC1CCOCC1. The Morgan fingerprint density at radius 3 is 2.62 bits per heavy atom. The van der Waals surface area contributed by atoms with E-state index in [0.29, 0.717) is 71.2 Å². The monoisotopic (exact) mass is 595 g/mol. The van der Waals surface area contributed by atoms with Crippen LogP contribution in [0.15, 0.2) is 50.7 Å². The van der Waals surface area contributed by atoms with Crippen molar-refractivity contribution < 1.29 is 28.5 Å².